The van der Waals surface area contributed by atoms with Crippen molar-refractivity contribution in [3.05, 3.63) is 17.9 Å². The summed E-state index contributed by atoms with van der Waals surface area (Å²) < 4.78 is 35.8. The molecule has 20 heavy (non-hydrogen) atoms. The van der Waals surface area contributed by atoms with Crippen molar-refractivity contribution in [2.45, 2.75) is 38.0 Å². The van der Waals surface area contributed by atoms with E-state index in [-0.39, 0.29) is 10.7 Å². The Morgan fingerprint density at radius 2 is 2.00 bits per heavy atom. The fraction of sp³-hybridized carbons (Fsp3) is 0.692. The van der Waals surface area contributed by atoms with E-state index in [4.69, 9.17) is 9.15 Å². The predicted octanol–water partition coefficient (Wildman–Crippen LogP) is 1.43. The van der Waals surface area contributed by atoms with Crippen LogP contribution in [0.15, 0.2) is 21.6 Å². The Balaban J connectivity index is 2.58. The summed E-state index contributed by atoms with van der Waals surface area (Å²) in [5.41, 5.74) is -0.264. The highest BCUT2D eigenvalue weighted by atomic mass is 32.2. The summed E-state index contributed by atoms with van der Waals surface area (Å²) in [6.07, 6.45) is 0. The van der Waals surface area contributed by atoms with Gasteiger partial charge in [0, 0.05) is 27.2 Å². The van der Waals surface area contributed by atoms with Crippen molar-refractivity contribution >= 4 is 10.0 Å². The number of nitrogens with zero attached hydrogens (tertiary/aromatic N) is 1. The van der Waals surface area contributed by atoms with Gasteiger partial charge in [-0.1, -0.05) is 0 Å². The molecule has 0 aliphatic carbocycles. The molecule has 0 fully saturated rings. The molecule has 0 saturated heterocycles. The molecule has 116 valence electrons. The molecule has 1 aromatic rings. The van der Waals surface area contributed by atoms with Crippen LogP contribution in [0.25, 0.3) is 0 Å². The van der Waals surface area contributed by atoms with E-state index in [1.807, 2.05) is 20.8 Å². The van der Waals surface area contributed by atoms with Gasteiger partial charge < -0.3 is 14.5 Å². The second-order valence-electron chi connectivity index (χ2n) is 5.30. The number of ether oxygens (including phenoxy) is 1. The Morgan fingerprint density at radius 1 is 1.35 bits per heavy atom. The first kappa shape index (κ1) is 17.2. The zero-order valence-corrected chi connectivity index (χ0v) is 13.6. The van der Waals surface area contributed by atoms with E-state index in [0.717, 1.165) is 4.31 Å². The molecule has 1 aromatic heterocycles. The van der Waals surface area contributed by atoms with E-state index in [9.17, 15) is 8.42 Å². The van der Waals surface area contributed by atoms with Crippen molar-refractivity contribution in [2.75, 3.05) is 27.2 Å². The van der Waals surface area contributed by atoms with E-state index in [0.29, 0.717) is 25.5 Å². The fourth-order valence-corrected chi connectivity index (χ4v) is 2.51. The molecule has 0 atom stereocenters. The third kappa shape index (κ3) is 4.59. The van der Waals surface area contributed by atoms with Crippen LogP contribution in [0.4, 0.5) is 0 Å². The summed E-state index contributed by atoms with van der Waals surface area (Å²) in [5, 5.41) is 3.16. The van der Waals surface area contributed by atoms with Crippen LogP contribution in [0.3, 0.4) is 0 Å². The standard InChI is InChI=1S/C13H24N2O4S/c1-6-18-13(2,3)10-14-9-11-7-8-12(19-11)20(16,17)15(4)5/h7-8,14H,6,9-10H2,1-5H3. The first-order valence-corrected chi connectivity index (χ1v) is 7.99. The molecule has 7 heteroatoms. The highest BCUT2D eigenvalue weighted by Gasteiger charge is 2.22. The van der Waals surface area contributed by atoms with E-state index < -0.39 is 10.0 Å². The lowest BCUT2D eigenvalue weighted by molar-refractivity contribution is -0.00923. The van der Waals surface area contributed by atoms with Crippen molar-refractivity contribution in [3.63, 3.8) is 0 Å². The fourth-order valence-electron chi connectivity index (χ4n) is 1.70. The maximum absolute atomic E-state index is 11.9. The monoisotopic (exact) mass is 304 g/mol. The SMILES string of the molecule is CCOC(C)(C)CNCc1ccc(S(=O)(=O)N(C)C)o1. The molecule has 1 N–H and O–H groups in total. The van der Waals surface area contributed by atoms with E-state index in [1.165, 1.54) is 20.2 Å². The number of rotatable bonds is 8. The molecule has 0 aliphatic rings. The van der Waals surface area contributed by atoms with E-state index in [1.54, 1.807) is 6.07 Å². The average Bonchev–Trinajstić information content (AvgIpc) is 2.77. The topological polar surface area (TPSA) is 71.8 Å². The minimum Gasteiger partial charge on any atom is -0.447 e. The summed E-state index contributed by atoms with van der Waals surface area (Å²) in [6.45, 7) is 7.70. The molecule has 0 saturated carbocycles. The summed E-state index contributed by atoms with van der Waals surface area (Å²) in [4.78, 5) is 0. The molecule has 1 heterocycles. The summed E-state index contributed by atoms with van der Waals surface area (Å²) >= 11 is 0. The van der Waals surface area contributed by atoms with Gasteiger partial charge >= 0.3 is 0 Å². The Bertz CT molecular complexity index is 520. The summed E-state index contributed by atoms with van der Waals surface area (Å²) in [6, 6.07) is 3.14. The quantitative estimate of drug-likeness (QED) is 0.787. The molecule has 6 nitrogen and oxygen atoms in total. The van der Waals surface area contributed by atoms with Crippen LogP contribution in [-0.2, 0) is 21.3 Å². The minimum absolute atomic E-state index is 0.0385. The summed E-state index contributed by atoms with van der Waals surface area (Å²) in [7, 11) is -0.559. The van der Waals surface area contributed by atoms with Crippen LogP contribution < -0.4 is 5.32 Å². The zero-order valence-electron chi connectivity index (χ0n) is 12.8. The van der Waals surface area contributed by atoms with Gasteiger partial charge in [-0.3, -0.25) is 0 Å². The Hall–Kier alpha value is -0.890. The van der Waals surface area contributed by atoms with Gasteiger partial charge in [-0.05, 0) is 32.9 Å². The van der Waals surface area contributed by atoms with Crippen molar-refractivity contribution in [3.8, 4) is 0 Å². The molecule has 0 spiro atoms. The van der Waals surface area contributed by atoms with Crippen LogP contribution in [0.2, 0.25) is 0 Å². The molecular formula is C13H24N2O4S. The first-order chi connectivity index (χ1) is 9.19. The van der Waals surface area contributed by atoms with Gasteiger partial charge in [0.2, 0.25) is 5.09 Å². The van der Waals surface area contributed by atoms with Crippen molar-refractivity contribution < 1.29 is 17.6 Å². The molecule has 0 bridgehead atoms. The molecule has 0 aliphatic heterocycles. The van der Waals surface area contributed by atoms with Gasteiger partial charge in [0.1, 0.15) is 5.76 Å². The van der Waals surface area contributed by atoms with Crippen molar-refractivity contribution in [2.24, 2.45) is 0 Å². The molecular weight excluding hydrogens is 280 g/mol. The third-order valence-corrected chi connectivity index (χ3v) is 4.45. The van der Waals surface area contributed by atoms with Gasteiger partial charge in [0.25, 0.3) is 10.0 Å². The van der Waals surface area contributed by atoms with Crippen LogP contribution >= 0.6 is 0 Å². The Kier molecular flexibility index (Phi) is 5.76. The lowest BCUT2D eigenvalue weighted by Crippen LogP contribution is -2.37. The Morgan fingerprint density at radius 3 is 2.55 bits per heavy atom. The third-order valence-electron chi connectivity index (χ3n) is 2.76. The lowest BCUT2D eigenvalue weighted by atomic mass is 10.1. The Labute approximate surface area is 121 Å². The van der Waals surface area contributed by atoms with Crippen LogP contribution in [0, 0.1) is 0 Å². The van der Waals surface area contributed by atoms with Gasteiger partial charge in [0.05, 0.1) is 12.1 Å². The van der Waals surface area contributed by atoms with E-state index >= 15 is 0 Å². The number of nitrogens with one attached hydrogen (secondary N) is 1. The maximum Gasteiger partial charge on any atom is 0.275 e. The average molecular weight is 304 g/mol. The highest BCUT2D eigenvalue weighted by molar-refractivity contribution is 7.88. The second kappa shape index (κ2) is 6.71. The zero-order chi connectivity index (χ0) is 15.4. The predicted molar refractivity (Wildman–Crippen MR) is 77.0 cm³/mol. The van der Waals surface area contributed by atoms with Gasteiger partial charge in [-0.2, -0.15) is 0 Å². The van der Waals surface area contributed by atoms with Gasteiger partial charge in [-0.25, -0.2) is 12.7 Å². The second-order valence-corrected chi connectivity index (χ2v) is 7.39. The normalized spacial score (nSPS) is 13.1. The highest BCUT2D eigenvalue weighted by Crippen LogP contribution is 2.17. The van der Waals surface area contributed by atoms with Crippen LogP contribution in [-0.4, -0.2) is 45.6 Å². The van der Waals surface area contributed by atoms with Crippen molar-refractivity contribution in [1.29, 1.82) is 0 Å². The molecule has 0 radical (unpaired) electrons. The summed E-state index contributed by atoms with van der Waals surface area (Å²) in [5.74, 6) is 0.581. The number of sulfonamides is 1. The molecule has 0 unspecified atom stereocenters. The van der Waals surface area contributed by atoms with Gasteiger partial charge in [-0.15, -0.1) is 0 Å². The molecule has 0 amide bonds. The molecule has 0 aromatic carbocycles. The maximum atomic E-state index is 11.9. The van der Waals surface area contributed by atoms with Gasteiger partial charge in [0.15, 0.2) is 0 Å². The minimum atomic E-state index is -3.50. The number of furan rings is 1. The largest absolute Gasteiger partial charge is 0.447 e. The number of hydrogen-bond acceptors (Lipinski definition) is 5. The van der Waals surface area contributed by atoms with Crippen LogP contribution in [0.1, 0.15) is 26.5 Å². The number of hydrogen-bond donors (Lipinski definition) is 1. The lowest BCUT2D eigenvalue weighted by Gasteiger charge is -2.24. The molecule has 1 rings (SSSR count). The van der Waals surface area contributed by atoms with Crippen LogP contribution in [0.5, 0.6) is 0 Å². The van der Waals surface area contributed by atoms with Crippen molar-refractivity contribution in [1.82, 2.24) is 9.62 Å². The first-order valence-electron chi connectivity index (χ1n) is 6.55. The smallest absolute Gasteiger partial charge is 0.275 e. The van der Waals surface area contributed by atoms with E-state index in [2.05, 4.69) is 5.32 Å².